The predicted molar refractivity (Wildman–Crippen MR) is 145 cm³/mol. The molecular weight excluding hydrogens is 516 g/mol. The fraction of sp³-hybridized carbons (Fsp3) is 0.207. The molecule has 4 aromatic rings. The van der Waals surface area contributed by atoms with E-state index in [1.165, 1.54) is 12.1 Å². The summed E-state index contributed by atoms with van der Waals surface area (Å²) in [7, 11) is -4.11. The van der Waals surface area contributed by atoms with Gasteiger partial charge in [-0.05, 0) is 55.3 Å². The SMILES string of the molecule is CC(C)Oc1cccc(-c2cc3nc(n2)NS(=O)(=O)c2cccc(c2)C(=O)N2Cc4ccccc4C(C2)O3)c1. The second-order valence-corrected chi connectivity index (χ2v) is 11.4. The first-order valence-corrected chi connectivity index (χ1v) is 14.1. The number of carbonyl (C=O) groups is 1. The second-order valence-electron chi connectivity index (χ2n) is 9.73. The molecule has 0 fully saturated rings. The molecule has 1 aromatic heterocycles. The Kier molecular flexibility index (Phi) is 6.19. The smallest absolute Gasteiger partial charge is 0.264 e. The number of sulfonamides is 1. The van der Waals surface area contributed by atoms with Gasteiger partial charge >= 0.3 is 0 Å². The molecule has 1 unspecified atom stereocenters. The van der Waals surface area contributed by atoms with Crippen molar-refractivity contribution in [3.8, 4) is 22.9 Å². The molecular formula is C29H26N4O5S. The molecule has 2 aliphatic rings. The van der Waals surface area contributed by atoms with Gasteiger partial charge in [0.1, 0.15) is 11.9 Å². The summed E-state index contributed by atoms with van der Waals surface area (Å²) in [5, 5.41) is 0. The lowest BCUT2D eigenvalue weighted by atomic mass is 9.96. The predicted octanol–water partition coefficient (Wildman–Crippen LogP) is 4.82. The first kappa shape index (κ1) is 24.9. The van der Waals surface area contributed by atoms with E-state index in [0.29, 0.717) is 23.6 Å². The molecule has 0 spiro atoms. The van der Waals surface area contributed by atoms with E-state index in [-0.39, 0.29) is 40.8 Å². The Balaban J connectivity index is 1.51. The molecule has 6 bridgehead atoms. The topological polar surface area (TPSA) is 111 Å². The fourth-order valence-corrected chi connectivity index (χ4v) is 5.79. The van der Waals surface area contributed by atoms with Gasteiger partial charge in [-0.25, -0.2) is 18.1 Å². The summed E-state index contributed by atoms with van der Waals surface area (Å²) in [5.41, 5.74) is 3.32. The molecule has 10 heteroatoms. The molecule has 1 N–H and O–H groups in total. The van der Waals surface area contributed by atoms with Crippen LogP contribution in [0.3, 0.4) is 0 Å². The van der Waals surface area contributed by atoms with Crippen molar-refractivity contribution in [2.45, 2.75) is 37.5 Å². The number of nitrogens with zero attached hydrogens (tertiary/aromatic N) is 3. The van der Waals surface area contributed by atoms with Gasteiger partial charge in [-0.15, -0.1) is 0 Å². The van der Waals surface area contributed by atoms with Gasteiger partial charge in [-0.1, -0.05) is 42.5 Å². The van der Waals surface area contributed by atoms with Crippen molar-refractivity contribution >= 4 is 21.9 Å². The number of fused-ring (bicyclic) bond motifs is 8. The van der Waals surface area contributed by atoms with Crippen LogP contribution in [-0.4, -0.2) is 41.8 Å². The summed E-state index contributed by atoms with van der Waals surface area (Å²) in [6.45, 7) is 4.53. The average Bonchev–Trinajstić information content (AvgIpc) is 2.92. The van der Waals surface area contributed by atoms with E-state index in [1.807, 2.05) is 62.4 Å². The Bertz CT molecular complexity index is 1690. The van der Waals surface area contributed by atoms with Crippen LogP contribution < -0.4 is 14.2 Å². The zero-order chi connectivity index (χ0) is 27.1. The minimum absolute atomic E-state index is 0.0193. The van der Waals surface area contributed by atoms with E-state index < -0.39 is 16.1 Å². The molecule has 198 valence electrons. The molecule has 0 saturated heterocycles. The van der Waals surface area contributed by atoms with E-state index in [0.717, 1.165) is 11.1 Å². The van der Waals surface area contributed by atoms with E-state index in [2.05, 4.69) is 14.7 Å². The van der Waals surface area contributed by atoms with Crippen LogP contribution in [0.5, 0.6) is 11.6 Å². The summed E-state index contributed by atoms with van der Waals surface area (Å²) in [5.74, 6) is 0.404. The van der Waals surface area contributed by atoms with Crippen LogP contribution in [0.15, 0.2) is 83.8 Å². The minimum Gasteiger partial charge on any atom is -0.491 e. The third-order valence-electron chi connectivity index (χ3n) is 6.52. The number of amides is 1. The van der Waals surface area contributed by atoms with Crippen LogP contribution in [0.25, 0.3) is 11.3 Å². The van der Waals surface area contributed by atoms with Gasteiger partial charge in [0.05, 0.1) is 23.2 Å². The van der Waals surface area contributed by atoms with Gasteiger partial charge in [0.25, 0.3) is 15.9 Å². The zero-order valence-electron chi connectivity index (χ0n) is 21.4. The van der Waals surface area contributed by atoms with Gasteiger partial charge in [0.2, 0.25) is 11.8 Å². The summed E-state index contributed by atoms with van der Waals surface area (Å²) >= 11 is 0. The third-order valence-corrected chi connectivity index (χ3v) is 7.85. The van der Waals surface area contributed by atoms with Crippen molar-refractivity contribution in [1.82, 2.24) is 14.9 Å². The molecule has 6 rings (SSSR count). The number of hydrogen-bond donors (Lipinski definition) is 1. The molecule has 3 heterocycles. The zero-order valence-corrected chi connectivity index (χ0v) is 22.2. The molecule has 3 aromatic carbocycles. The lowest BCUT2D eigenvalue weighted by Gasteiger charge is -2.34. The maximum Gasteiger partial charge on any atom is 0.264 e. The number of nitrogens with one attached hydrogen (secondary N) is 1. The number of aromatic nitrogens is 2. The number of rotatable bonds is 3. The lowest BCUT2D eigenvalue weighted by molar-refractivity contribution is 0.0589. The minimum atomic E-state index is -4.11. The molecule has 39 heavy (non-hydrogen) atoms. The van der Waals surface area contributed by atoms with Crippen molar-refractivity contribution in [1.29, 1.82) is 0 Å². The van der Waals surface area contributed by atoms with Crippen LogP contribution in [-0.2, 0) is 16.6 Å². The molecule has 2 aliphatic heterocycles. The molecule has 0 radical (unpaired) electrons. The van der Waals surface area contributed by atoms with Gasteiger partial charge < -0.3 is 14.4 Å². The average molecular weight is 543 g/mol. The van der Waals surface area contributed by atoms with E-state index in [9.17, 15) is 13.2 Å². The maximum atomic E-state index is 13.5. The van der Waals surface area contributed by atoms with Crippen LogP contribution >= 0.6 is 0 Å². The Morgan fingerprint density at radius 3 is 2.62 bits per heavy atom. The molecule has 0 aliphatic carbocycles. The van der Waals surface area contributed by atoms with Gasteiger partial charge in [-0.3, -0.25) is 4.79 Å². The fourth-order valence-electron chi connectivity index (χ4n) is 4.80. The van der Waals surface area contributed by atoms with Crippen molar-refractivity contribution in [2.75, 3.05) is 11.3 Å². The third kappa shape index (κ3) is 5.03. The van der Waals surface area contributed by atoms with Crippen molar-refractivity contribution in [3.05, 3.63) is 95.6 Å². The first-order chi connectivity index (χ1) is 18.7. The van der Waals surface area contributed by atoms with Crippen molar-refractivity contribution in [3.63, 3.8) is 0 Å². The van der Waals surface area contributed by atoms with E-state index in [1.54, 1.807) is 23.1 Å². The largest absolute Gasteiger partial charge is 0.491 e. The Hall–Kier alpha value is -4.44. The summed E-state index contributed by atoms with van der Waals surface area (Å²) in [4.78, 5) is 24.0. The highest BCUT2D eigenvalue weighted by molar-refractivity contribution is 7.92. The first-order valence-electron chi connectivity index (χ1n) is 12.6. The van der Waals surface area contributed by atoms with E-state index in [4.69, 9.17) is 9.47 Å². The molecule has 1 amide bonds. The number of ether oxygens (including phenoxy) is 2. The highest BCUT2D eigenvalue weighted by Gasteiger charge is 2.32. The maximum absolute atomic E-state index is 13.5. The summed E-state index contributed by atoms with van der Waals surface area (Å²) in [6.07, 6.45) is -0.542. The number of benzene rings is 3. The Morgan fingerprint density at radius 2 is 1.77 bits per heavy atom. The van der Waals surface area contributed by atoms with Crippen LogP contribution in [0.1, 0.15) is 41.4 Å². The summed E-state index contributed by atoms with van der Waals surface area (Å²) in [6, 6.07) is 22.8. The normalized spacial score (nSPS) is 17.6. The number of anilines is 1. The van der Waals surface area contributed by atoms with E-state index >= 15 is 0 Å². The Labute approximate surface area is 226 Å². The van der Waals surface area contributed by atoms with Gasteiger partial charge in [-0.2, -0.15) is 4.98 Å². The van der Waals surface area contributed by atoms with Crippen LogP contribution in [0.4, 0.5) is 5.95 Å². The van der Waals surface area contributed by atoms with Crippen molar-refractivity contribution < 1.29 is 22.7 Å². The highest BCUT2D eigenvalue weighted by Crippen LogP contribution is 2.34. The van der Waals surface area contributed by atoms with Crippen LogP contribution in [0, 0.1) is 0 Å². The standard InChI is InChI=1S/C29H26N4O5S/c1-18(2)37-22-10-5-8-19(13-22)25-15-27-31-29(30-25)32-39(35,36)23-11-6-9-20(14-23)28(34)33-16-21-7-3-4-12-24(21)26(17-33)38-27/h3-15,18,26H,16-17H2,1-2H3,(H,30,31,32). The molecule has 0 saturated carbocycles. The van der Waals surface area contributed by atoms with Crippen molar-refractivity contribution in [2.24, 2.45) is 0 Å². The quantitative estimate of drug-likeness (QED) is 0.395. The van der Waals surface area contributed by atoms with Gasteiger partial charge in [0.15, 0.2) is 0 Å². The lowest BCUT2D eigenvalue weighted by Crippen LogP contribution is -2.40. The van der Waals surface area contributed by atoms with Gasteiger partial charge in [0, 0.05) is 23.7 Å². The molecule has 9 nitrogen and oxygen atoms in total. The second kappa shape index (κ2) is 9.70. The Morgan fingerprint density at radius 1 is 0.974 bits per heavy atom. The highest BCUT2D eigenvalue weighted by atomic mass is 32.2. The number of hydrogen-bond acceptors (Lipinski definition) is 7. The number of carbonyl (C=O) groups excluding carboxylic acids is 1. The monoisotopic (exact) mass is 542 g/mol. The summed E-state index contributed by atoms with van der Waals surface area (Å²) < 4.78 is 41.4. The molecule has 1 atom stereocenters. The van der Waals surface area contributed by atoms with Crippen LogP contribution in [0.2, 0.25) is 0 Å².